The zero-order chi connectivity index (χ0) is 18.8. The molecule has 0 saturated carbocycles. The zero-order valence-corrected chi connectivity index (χ0v) is 15.7. The van der Waals surface area contributed by atoms with Crippen LogP contribution >= 0.6 is 0 Å². The van der Waals surface area contributed by atoms with Gasteiger partial charge in [-0.3, -0.25) is 4.98 Å². The summed E-state index contributed by atoms with van der Waals surface area (Å²) in [5.41, 5.74) is 3.42. The Morgan fingerprint density at radius 3 is 2.56 bits per heavy atom. The van der Waals surface area contributed by atoms with Crippen LogP contribution in [-0.4, -0.2) is 26.0 Å². The van der Waals surface area contributed by atoms with Gasteiger partial charge in [-0.15, -0.1) is 0 Å². The molecule has 0 aliphatic carbocycles. The largest absolute Gasteiger partial charge is 0.496 e. The lowest BCUT2D eigenvalue weighted by Crippen LogP contribution is -2.01. The third-order valence-corrected chi connectivity index (χ3v) is 4.71. The Morgan fingerprint density at radius 1 is 0.889 bits per heavy atom. The predicted octanol–water partition coefficient (Wildman–Crippen LogP) is 5.35. The van der Waals surface area contributed by atoms with Gasteiger partial charge in [-0.1, -0.05) is 30.3 Å². The molecule has 136 valence electrons. The SMILES string of the molecule is COCOc1ccc(-c2cccc3cnccc23)c2cc(C)cc(OC)c12. The Labute approximate surface area is 158 Å². The predicted molar refractivity (Wildman–Crippen MR) is 108 cm³/mol. The molecule has 0 N–H and O–H groups in total. The fourth-order valence-corrected chi connectivity index (χ4v) is 3.55. The first kappa shape index (κ1) is 17.3. The van der Waals surface area contributed by atoms with Gasteiger partial charge in [-0.2, -0.15) is 0 Å². The molecule has 4 nitrogen and oxygen atoms in total. The van der Waals surface area contributed by atoms with Gasteiger partial charge in [0.05, 0.1) is 12.5 Å². The lowest BCUT2D eigenvalue weighted by atomic mass is 9.93. The van der Waals surface area contributed by atoms with Crippen molar-refractivity contribution in [3.63, 3.8) is 0 Å². The van der Waals surface area contributed by atoms with Crippen molar-refractivity contribution >= 4 is 21.5 Å². The highest BCUT2D eigenvalue weighted by atomic mass is 16.7. The van der Waals surface area contributed by atoms with E-state index in [9.17, 15) is 0 Å². The lowest BCUT2D eigenvalue weighted by Gasteiger charge is -2.17. The minimum atomic E-state index is 0.186. The number of pyridine rings is 1. The van der Waals surface area contributed by atoms with E-state index in [-0.39, 0.29) is 6.79 Å². The fraction of sp³-hybridized carbons (Fsp3) is 0.174. The highest BCUT2D eigenvalue weighted by Gasteiger charge is 2.15. The third-order valence-electron chi connectivity index (χ3n) is 4.71. The van der Waals surface area contributed by atoms with Gasteiger partial charge in [0.2, 0.25) is 0 Å². The highest BCUT2D eigenvalue weighted by Crippen LogP contribution is 2.42. The van der Waals surface area contributed by atoms with Gasteiger partial charge < -0.3 is 14.2 Å². The van der Waals surface area contributed by atoms with E-state index >= 15 is 0 Å². The minimum absolute atomic E-state index is 0.186. The summed E-state index contributed by atoms with van der Waals surface area (Å²) in [7, 11) is 3.30. The van der Waals surface area contributed by atoms with Crippen LogP contribution in [0.3, 0.4) is 0 Å². The smallest absolute Gasteiger partial charge is 0.188 e. The summed E-state index contributed by atoms with van der Waals surface area (Å²) >= 11 is 0. The van der Waals surface area contributed by atoms with Gasteiger partial charge in [0, 0.05) is 24.9 Å². The number of hydrogen-bond donors (Lipinski definition) is 0. The Bertz CT molecular complexity index is 1120. The average Bonchev–Trinajstić information content (AvgIpc) is 2.71. The fourth-order valence-electron chi connectivity index (χ4n) is 3.55. The summed E-state index contributed by atoms with van der Waals surface area (Å²) in [6.45, 7) is 2.26. The van der Waals surface area contributed by atoms with E-state index in [0.29, 0.717) is 0 Å². The van der Waals surface area contributed by atoms with Crippen molar-refractivity contribution in [1.29, 1.82) is 0 Å². The average molecular weight is 359 g/mol. The van der Waals surface area contributed by atoms with Gasteiger partial charge in [0.15, 0.2) is 6.79 Å². The Kier molecular flexibility index (Phi) is 4.65. The van der Waals surface area contributed by atoms with Crippen molar-refractivity contribution < 1.29 is 14.2 Å². The van der Waals surface area contributed by atoms with Crippen LogP contribution in [-0.2, 0) is 4.74 Å². The molecule has 0 unspecified atom stereocenters. The van der Waals surface area contributed by atoms with Crippen LogP contribution in [0.5, 0.6) is 11.5 Å². The first-order chi connectivity index (χ1) is 13.2. The Morgan fingerprint density at radius 2 is 1.74 bits per heavy atom. The first-order valence-electron chi connectivity index (χ1n) is 8.79. The maximum atomic E-state index is 5.82. The summed E-state index contributed by atoms with van der Waals surface area (Å²) in [6, 6.07) is 16.6. The zero-order valence-electron chi connectivity index (χ0n) is 15.7. The number of aryl methyl sites for hydroxylation is 1. The van der Waals surface area contributed by atoms with Crippen LogP contribution in [0.4, 0.5) is 0 Å². The molecule has 3 aromatic carbocycles. The lowest BCUT2D eigenvalue weighted by molar-refractivity contribution is 0.0521. The van der Waals surface area contributed by atoms with Crippen molar-refractivity contribution in [2.75, 3.05) is 21.0 Å². The van der Waals surface area contributed by atoms with Crippen LogP contribution < -0.4 is 9.47 Å². The van der Waals surface area contributed by atoms with E-state index in [1.165, 1.54) is 5.39 Å². The molecule has 0 bridgehead atoms. The number of fused-ring (bicyclic) bond motifs is 2. The molecule has 0 aliphatic rings. The van der Waals surface area contributed by atoms with Gasteiger partial charge in [0.25, 0.3) is 0 Å². The molecular formula is C23H21NO3. The summed E-state index contributed by atoms with van der Waals surface area (Å²) < 4.78 is 16.6. The van der Waals surface area contributed by atoms with Gasteiger partial charge in [0.1, 0.15) is 11.5 Å². The Balaban J connectivity index is 2.06. The molecule has 4 aromatic rings. The van der Waals surface area contributed by atoms with Crippen molar-refractivity contribution in [3.8, 4) is 22.6 Å². The van der Waals surface area contributed by atoms with Crippen LogP contribution in [0.1, 0.15) is 5.56 Å². The molecule has 0 atom stereocenters. The third kappa shape index (κ3) is 3.09. The van der Waals surface area contributed by atoms with Crippen molar-refractivity contribution in [3.05, 3.63) is 66.5 Å². The maximum absolute atomic E-state index is 5.82. The maximum Gasteiger partial charge on any atom is 0.188 e. The van der Waals surface area contributed by atoms with E-state index in [1.54, 1.807) is 14.2 Å². The summed E-state index contributed by atoms with van der Waals surface area (Å²) in [5, 5.41) is 4.32. The van der Waals surface area contributed by atoms with Crippen LogP contribution in [0.25, 0.3) is 32.7 Å². The molecule has 27 heavy (non-hydrogen) atoms. The van der Waals surface area contributed by atoms with Crippen molar-refractivity contribution in [1.82, 2.24) is 4.98 Å². The number of rotatable bonds is 5. The summed E-state index contributed by atoms with van der Waals surface area (Å²) in [6.07, 6.45) is 3.72. The van der Waals surface area contributed by atoms with Gasteiger partial charge in [-0.05, 0) is 52.6 Å². The number of aromatic nitrogens is 1. The molecule has 0 aliphatic heterocycles. The second-order valence-corrected chi connectivity index (χ2v) is 6.45. The van der Waals surface area contributed by atoms with Crippen LogP contribution in [0.2, 0.25) is 0 Å². The van der Waals surface area contributed by atoms with E-state index in [1.807, 2.05) is 24.5 Å². The van der Waals surface area contributed by atoms with Crippen molar-refractivity contribution in [2.45, 2.75) is 6.92 Å². The molecule has 4 heteroatoms. The van der Waals surface area contributed by atoms with E-state index in [4.69, 9.17) is 14.2 Å². The number of nitrogens with zero attached hydrogens (tertiary/aromatic N) is 1. The number of ether oxygens (including phenoxy) is 3. The number of hydrogen-bond acceptors (Lipinski definition) is 4. The molecule has 0 fully saturated rings. The second-order valence-electron chi connectivity index (χ2n) is 6.45. The van der Waals surface area contributed by atoms with Gasteiger partial charge in [-0.25, -0.2) is 0 Å². The normalized spacial score (nSPS) is 11.1. The topological polar surface area (TPSA) is 40.6 Å². The van der Waals surface area contributed by atoms with E-state index in [2.05, 4.69) is 48.3 Å². The van der Waals surface area contributed by atoms with E-state index < -0.39 is 0 Å². The molecule has 1 heterocycles. The molecule has 4 rings (SSSR count). The van der Waals surface area contributed by atoms with Crippen LogP contribution in [0, 0.1) is 6.92 Å². The number of benzene rings is 3. The molecule has 0 saturated heterocycles. The quantitative estimate of drug-likeness (QED) is 0.450. The Hall–Kier alpha value is -3.11. The van der Waals surface area contributed by atoms with E-state index in [0.717, 1.165) is 44.3 Å². The summed E-state index contributed by atoms with van der Waals surface area (Å²) in [4.78, 5) is 4.25. The second kappa shape index (κ2) is 7.25. The molecule has 1 aromatic heterocycles. The molecule has 0 amide bonds. The monoisotopic (exact) mass is 359 g/mol. The van der Waals surface area contributed by atoms with Crippen molar-refractivity contribution in [2.24, 2.45) is 0 Å². The number of methoxy groups -OCH3 is 2. The molecule has 0 radical (unpaired) electrons. The molecular weight excluding hydrogens is 338 g/mol. The standard InChI is InChI=1S/C23H21NO3/c1-15-11-20-19(18-6-4-5-16-13-24-10-9-17(16)18)7-8-21(27-14-25-2)23(20)22(12-15)26-3/h4-13H,14H2,1-3H3. The minimum Gasteiger partial charge on any atom is -0.496 e. The van der Waals surface area contributed by atoms with Crippen LogP contribution in [0.15, 0.2) is 60.9 Å². The summed E-state index contributed by atoms with van der Waals surface area (Å²) in [5.74, 6) is 1.54. The molecule has 0 spiro atoms. The van der Waals surface area contributed by atoms with Gasteiger partial charge >= 0.3 is 0 Å². The highest BCUT2D eigenvalue weighted by molar-refractivity contribution is 6.08. The first-order valence-corrected chi connectivity index (χ1v) is 8.79.